The summed E-state index contributed by atoms with van der Waals surface area (Å²) in [5.41, 5.74) is 7.16. The van der Waals surface area contributed by atoms with Crippen LogP contribution in [0.2, 0.25) is 0 Å². The molecule has 3 N–H and O–H groups in total. The van der Waals surface area contributed by atoms with Crippen LogP contribution in [0, 0.1) is 6.92 Å². The number of carbonyl (C=O) groups excluding carboxylic acids is 1. The summed E-state index contributed by atoms with van der Waals surface area (Å²) in [6.07, 6.45) is 1.59. The summed E-state index contributed by atoms with van der Waals surface area (Å²) in [5, 5.41) is 2.81. The van der Waals surface area contributed by atoms with Crippen molar-refractivity contribution in [1.29, 1.82) is 0 Å². The Labute approximate surface area is 83.3 Å². The Bertz CT molecular complexity index is 352. The molecule has 3 heteroatoms. The largest absolute Gasteiger partial charge is 0.324 e. The van der Waals surface area contributed by atoms with Crippen LogP contribution in [0.5, 0.6) is 0 Å². The highest BCUT2D eigenvalue weighted by Gasteiger charge is 2.45. The molecule has 1 saturated carbocycles. The van der Waals surface area contributed by atoms with Crippen molar-refractivity contribution < 1.29 is 4.79 Å². The van der Waals surface area contributed by atoms with E-state index in [1.807, 2.05) is 31.2 Å². The molecule has 1 fully saturated rings. The van der Waals surface area contributed by atoms with Crippen molar-refractivity contribution in [3.8, 4) is 0 Å². The Kier molecular flexibility index (Phi) is 2.04. The average molecular weight is 190 g/mol. The van der Waals surface area contributed by atoms with E-state index < -0.39 is 5.54 Å². The van der Waals surface area contributed by atoms with Gasteiger partial charge in [-0.2, -0.15) is 0 Å². The summed E-state index contributed by atoms with van der Waals surface area (Å²) in [4.78, 5) is 11.5. The zero-order valence-corrected chi connectivity index (χ0v) is 8.21. The van der Waals surface area contributed by atoms with Crippen LogP contribution in [-0.4, -0.2) is 11.4 Å². The van der Waals surface area contributed by atoms with Crippen LogP contribution >= 0.6 is 0 Å². The second-order valence-corrected chi connectivity index (χ2v) is 3.98. The molecule has 0 atom stereocenters. The molecule has 0 aliphatic heterocycles. The lowest BCUT2D eigenvalue weighted by atomic mass is 10.2. The Hall–Kier alpha value is -1.35. The maximum Gasteiger partial charge on any atom is 0.244 e. The van der Waals surface area contributed by atoms with E-state index in [1.54, 1.807) is 0 Å². The van der Waals surface area contributed by atoms with Gasteiger partial charge in [0.1, 0.15) is 0 Å². The number of amides is 1. The number of nitrogens with one attached hydrogen (secondary N) is 1. The standard InChI is InChI=1S/C11H14N2O/c1-8-2-4-9(5-3-8)13-10(14)11(12)6-7-11/h2-5H,6-7,12H2,1H3,(H,13,14). The molecule has 0 bridgehead atoms. The number of benzene rings is 1. The SMILES string of the molecule is Cc1ccc(NC(=O)C2(N)CC2)cc1. The highest BCUT2D eigenvalue weighted by molar-refractivity contribution is 6.00. The summed E-state index contributed by atoms with van der Waals surface area (Å²) >= 11 is 0. The van der Waals surface area contributed by atoms with Gasteiger partial charge in [0, 0.05) is 5.69 Å². The second kappa shape index (κ2) is 3.10. The van der Waals surface area contributed by atoms with E-state index in [9.17, 15) is 4.79 Å². The van der Waals surface area contributed by atoms with Crippen molar-refractivity contribution in [3.63, 3.8) is 0 Å². The molecule has 1 amide bonds. The molecule has 0 unspecified atom stereocenters. The quantitative estimate of drug-likeness (QED) is 0.741. The number of nitrogens with two attached hydrogens (primary N) is 1. The molecule has 1 aromatic rings. The third-order valence-corrected chi connectivity index (χ3v) is 2.55. The molecule has 0 saturated heterocycles. The number of hydrogen-bond donors (Lipinski definition) is 2. The van der Waals surface area contributed by atoms with E-state index in [1.165, 1.54) is 5.56 Å². The first-order valence-electron chi connectivity index (χ1n) is 4.77. The highest BCUT2D eigenvalue weighted by Crippen LogP contribution is 2.33. The summed E-state index contributed by atoms with van der Waals surface area (Å²) in [6.45, 7) is 2.01. The lowest BCUT2D eigenvalue weighted by Gasteiger charge is -2.09. The van der Waals surface area contributed by atoms with E-state index in [2.05, 4.69) is 5.32 Å². The minimum absolute atomic E-state index is 0.0682. The van der Waals surface area contributed by atoms with Crippen LogP contribution in [0.25, 0.3) is 0 Å². The molecule has 3 nitrogen and oxygen atoms in total. The molecule has 0 aromatic heterocycles. The van der Waals surface area contributed by atoms with E-state index in [0.717, 1.165) is 18.5 Å². The van der Waals surface area contributed by atoms with Crippen molar-refractivity contribution in [1.82, 2.24) is 0 Å². The van der Waals surface area contributed by atoms with E-state index in [-0.39, 0.29) is 5.91 Å². The van der Waals surface area contributed by atoms with Crippen LogP contribution in [0.3, 0.4) is 0 Å². The maximum atomic E-state index is 11.5. The third-order valence-electron chi connectivity index (χ3n) is 2.55. The Morgan fingerprint density at radius 2 is 1.93 bits per heavy atom. The molecular formula is C11H14N2O. The van der Waals surface area contributed by atoms with Gasteiger partial charge in [0.25, 0.3) is 0 Å². The maximum absolute atomic E-state index is 11.5. The first-order chi connectivity index (χ1) is 6.60. The minimum atomic E-state index is -0.592. The Morgan fingerprint density at radius 3 is 2.43 bits per heavy atom. The highest BCUT2D eigenvalue weighted by atomic mass is 16.2. The van der Waals surface area contributed by atoms with Gasteiger partial charge >= 0.3 is 0 Å². The molecule has 1 aliphatic carbocycles. The van der Waals surface area contributed by atoms with Gasteiger partial charge in [0.05, 0.1) is 5.54 Å². The third kappa shape index (κ3) is 1.77. The van der Waals surface area contributed by atoms with Crippen molar-refractivity contribution in [2.45, 2.75) is 25.3 Å². The van der Waals surface area contributed by atoms with Crippen molar-refractivity contribution >= 4 is 11.6 Å². The van der Waals surface area contributed by atoms with Crippen LogP contribution < -0.4 is 11.1 Å². The van der Waals surface area contributed by atoms with Gasteiger partial charge in [-0.1, -0.05) is 17.7 Å². The van der Waals surface area contributed by atoms with Crippen LogP contribution in [0.4, 0.5) is 5.69 Å². The van der Waals surface area contributed by atoms with E-state index >= 15 is 0 Å². The van der Waals surface area contributed by atoms with Crippen molar-refractivity contribution in [2.75, 3.05) is 5.32 Å². The van der Waals surface area contributed by atoms with E-state index in [4.69, 9.17) is 5.73 Å². The number of anilines is 1. The van der Waals surface area contributed by atoms with Crippen molar-refractivity contribution in [2.24, 2.45) is 5.73 Å². The van der Waals surface area contributed by atoms with Gasteiger partial charge in [0.15, 0.2) is 0 Å². The van der Waals surface area contributed by atoms with Crippen LogP contribution in [-0.2, 0) is 4.79 Å². The summed E-state index contributed by atoms with van der Waals surface area (Å²) in [5.74, 6) is -0.0682. The lowest BCUT2D eigenvalue weighted by molar-refractivity contribution is -0.118. The molecule has 74 valence electrons. The molecule has 2 rings (SSSR count). The average Bonchev–Trinajstić information content (AvgIpc) is 2.89. The Balaban J connectivity index is 2.04. The summed E-state index contributed by atoms with van der Waals surface area (Å²) in [7, 11) is 0. The second-order valence-electron chi connectivity index (χ2n) is 3.98. The molecule has 1 aromatic carbocycles. The minimum Gasteiger partial charge on any atom is -0.324 e. The molecular weight excluding hydrogens is 176 g/mol. The molecule has 0 heterocycles. The van der Waals surface area contributed by atoms with Crippen LogP contribution in [0.1, 0.15) is 18.4 Å². The molecule has 14 heavy (non-hydrogen) atoms. The topological polar surface area (TPSA) is 55.1 Å². The number of hydrogen-bond acceptors (Lipinski definition) is 2. The fourth-order valence-corrected chi connectivity index (χ4v) is 1.25. The Morgan fingerprint density at radius 1 is 1.36 bits per heavy atom. The zero-order valence-electron chi connectivity index (χ0n) is 8.21. The normalized spacial score (nSPS) is 17.6. The molecule has 0 radical (unpaired) electrons. The summed E-state index contributed by atoms with van der Waals surface area (Å²) in [6, 6.07) is 7.70. The molecule has 0 spiro atoms. The van der Waals surface area contributed by atoms with Gasteiger partial charge < -0.3 is 11.1 Å². The van der Waals surface area contributed by atoms with Gasteiger partial charge in [-0.15, -0.1) is 0 Å². The fourth-order valence-electron chi connectivity index (χ4n) is 1.25. The first-order valence-corrected chi connectivity index (χ1v) is 4.77. The summed E-state index contributed by atoms with van der Waals surface area (Å²) < 4.78 is 0. The predicted octanol–water partition coefficient (Wildman–Crippen LogP) is 1.42. The zero-order chi connectivity index (χ0) is 10.2. The lowest BCUT2D eigenvalue weighted by Crippen LogP contribution is -2.37. The first kappa shape index (κ1) is 9.21. The predicted molar refractivity (Wildman–Crippen MR) is 56.0 cm³/mol. The van der Waals surface area contributed by atoms with Gasteiger partial charge in [-0.25, -0.2) is 0 Å². The smallest absolute Gasteiger partial charge is 0.244 e. The number of carbonyl (C=O) groups is 1. The van der Waals surface area contributed by atoms with Gasteiger partial charge in [0.2, 0.25) is 5.91 Å². The fraction of sp³-hybridized carbons (Fsp3) is 0.364. The van der Waals surface area contributed by atoms with E-state index in [0.29, 0.717) is 0 Å². The van der Waals surface area contributed by atoms with Gasteiger partial charge in [-0.3, -0.25) is 4.79 Å². The molecule has 1 aliphatic rings. The van der Waals surface area contributed by atoms with Gasteiger partial charge in [-0.05, 0) is 31.9 Å². The monoisotopic (exact) mass is 190 g/mol. The van der Waals surface area contributed by atoms with Crippen LogP contribution in [0.15, 0.2) is 24.3 Å². The number of aryl methyl sites for hydroxylation is 1. The number of rotatable bonds is 2. The van der Waals surface area contributed by atoms with Crippen molar-refractivity contribution in [3.05, 3.63) is 29.8 Å².